The summed E-state index contributed by atoms with van der Waals surface area (Å²) in [6, 6.07) is 17.4. The SMILES string of the molecule is CC1(C)N=C(N)N=C(N)N1OCc1ccc(Cl)c(Cl)c1.Nc1ccc(S(=O)(=O)c2ccc(N)cc2)cc1. The van der Waals surface area contributed by atoms with Crippen molar-refractivity contribution >= 4 is 56.3 Å². The number of anilines is 2. The molecule has 196 valence electrons. The van der Waals surface area contributed by atoms with Gasteiger partial charge in [-0.2, -0.15) is 10.1 Å². The molecule has 1 aliphatic heterocycles. The van der Waals surface area contributed by atoms with Crippen LogP contribution < -0.4 is 22.9 Å². The molecule has 0 aromatic heterocycles. The second-order valence-electron chi connectivity index (χ2n) is 8.39. The minimum absolute atomic E-state index is 0.127. The molecule has 1 aliphatic rings. The summed E-state index contributed by atoms with van der Waals surface area (Å²) in [5.74, 6) is 0.282. The zero-order chi connectivity index (χ0) is 27.4. The fourth-order valence-electron chi connectivity index (χ4n) is 3.22. The summed E-state index contributed by atoms with van der Waals surface area (Å²) in [5.41, 5.74) is 23.6. The first-order valence-corrected chi connectivity index (χ1v) is 13.1. The van der Waals surface area contributed by atoms with Gasteiger partial charge in [0.2, 0.25) is 21.8 Å². The summed E-state index contributed by atoms with van der Waals surface area (Å²) < 4.78 is 24.3. The van der Waals surface area contributed by atoms with Gasteiger partial charge < -0.3 is 22.9 Å². The van der Waals surface area contributed by atoms with Crippen LogP contribution in [0.4, 0.5) is 11.4 Å². The Bertz CT molecular complexity index is 1370. The van der Waals surface area contributed by atoms with E-state index >= 15 is 0 Å². The van der Waals surface area contributed by atoms with Gasteiger partial charge in [-0.25, -0.2) is 13.4 Å². The van der Waals surface area contributed by atoms with Gasteiger partial charge in [-0.3, -0.25) is 4.84 Å². The Balaban J connectivity index is 0.000000208. The lowest BCUT2D eigenvalue weighted by molar-refractivity contribution is -0.166. The van der Waals surface area contributed by atoms with E-state index in [4.69, 9.17) is 51.0 Å². The van der Waals surface area contributed by atoms with E-state index in [1.54, 1.807) is 36.4 Å². The summed E-state index contributed by atoms with van der Waals surface area (Å²) in [6.07, 6.45) is 0. The van der Waals surface area contributed by atoms with E-state index in [1.807, 2.05) is 19.9 Å². The molecule has 8 N–H and O–H groups in total. The van der Waals surface area contributed by atoms with Gasteiger partial charge in [0.1, 0.15) is 6.61 Å². The van der Waals surface area contributed by atoms with Crippen molar-refractivity contribution in [3.63, 3.8) is 0 Å². The molecule has 0 amide bonds. The number of benzene rings is 3. The number of nitrogens with zero attached hydrogens (tertiary/aromatic N) is 3. The van der Waals surface area contributed by atoms with Crippen LogP contribution in [0.15, 0.2) is 86.5 Å². The minimum atomic E-state index is -3.48. The van der Waals surface area contributed by atoms with Gasteiger partial charge in [0, 0.05) is 11.4 Å². The largest absolute Gasteiger partial charge is 0.399 e. The van der Waals surface area contributed by atoms with Crippen LogP contribution in [-0.4, -0.2) is 31.1 Å². The van der Waals surface area contributed by atoms with Crippen LogP contribution in [0.5, 0.6) is 0 Å². The standard InChI is InChI=1S/C12H15Cl2N5O.C12H12N2O2S/c1-12(2)18-10(15)17-11(16)19(12)20-6-7-3-4-8(13)9(14)5-7;13-9-1-5-11(6-2-9)17(15,16)12-7-3-10(14)4-8-12/h3-5H,6H2,1-2H3,(H4,15,16,17,18);1-8H,13-14H2. The maximum atomic E-state index is 12.2. The van der Waals surface area contributed by atoms with Crippen LogP contribution in [0, 0.1) is 0 Å². The van der Waals surface area contributed by atoms with Crippen molar-refractivity contribution in [1.82, 2.24) is 5.06 Å². The van der Waals surface area contributed by atoms with Crippen LogP contribution in [0.1, 0.15) is 19.4 Å². The first kappa shape index (κ1) is 28.1. The van der Waals surface area contributed by atoms with Crippen molar-refractivity contribution in [2.24, 2.45) is 21.5 Å². The number of hydrogen-bond acceptors (Lipinski definition) is 10. The first-order valence-electron chi connectivity index (χ1n) is 10.8. The van der Waals surface area contributed by atoms with Crippen molar-refractivity contribution in [2.75, 3.05) is 11.5 Å². The topological polar surface area (TPSA) is 175 Å². The summed E-state index contributed by atoms with van der Waals surface area (Å²) >= 11 is 11.8. The maximum Gasteiger partial charge on any atom is 0.226 e. The lowest BCUT2D eigenvalue weighted by Gasteiger charge is -2.36. The highest BCUT2D eigenvalue weighted by atomic mass is 35.5. The minimum Gasteiger partial charge on any atom is -0.399 e. The molecule has 0 bridgehead atoms. The number of aliphatic imine (C=N–C) groups is 2. The van der Waals surface area contributed by atoms with Gasteiger partial charge >= 0.3 is 0 Å². The number of nitrogen functional groups attached to an aromatic ring is 2. The second kappa shape index (κ2) is 11.3. The average Bonchev–Trinajstić information content (AvgIpc) is 2.81. The Morgan fingerprint density at radius 1 is 0.838 bits per heavy atom. The molecule has 0 saturated heterocycles. The molecule has 0 unspecified atom stereocenters. The molecule has 0 atom stereocenters. The van der Waals surface area contributed by atoms with E-state index < -0.39 is 15.5 Å². The highest BCUT2D eigenvalue weighted by Crippen LogP contribution is 2.25. The molecular weight excluding hydrogens is 537 g/mol. The van der Waals surface area contributed by atoms with Crippen LogP contribution in [-0.2, 0) is 21.3 Å². The fourth-order valence-corrected chi connectivity index (χ4v) is 4.80. The number of guanidine groups is 2. The third-order valence-corrected chi connectivity index (χ3v) is 7.57. The van der Waals surface area contributed by atoms with Crippen molar-refractivity contribution < 1.29 is 13.3 Å². The molecule has 13 heteroatoms. The summed E-state index contributed by atoms with van der Waals surface area (Å²) in [6.45, 7) is 3.89. The molecule has 3 aromatic rings. The van der Waals surface area contributed by atoms with Crippen molar-refractivity contribution in [1.29, 1.82) is 0 Å². The van der Waals surface area contributed by atoms with E-state index in [2.05, 4.69) is 9.98 Å². The van der Waals surface area contributed by atoms with Gasteiger partial charge in [0.25, 0.3) is 0 Å². The first-order chi connectivity index (χ1) is 17.3. The van der Waals surface area contributed by atoms with E-state index in [1.165, 1.54) is 29.3 Å². The van der Waals surface area contributed by atoms with Crippen molar-refractivity contribution in [3.8, 4) is 0 Å². The van der Waals surface area contributed by atoms with Crippen LogP contribution in [0.25, 0.3) is 0 Å². The molecule has 1 heterocycles. The van der Waals surface area contributed by atoms with E-state index in [0.717, 1.165) is 5.56 Å². The van der Waals surface area contributed by atoms with E-state index in [0.29, 0.717) is 21.4 Å². The average molecular weight is 564 g/mol. The zero-order valence-electron chi connectivity index (χ0n) is 20.1. The zero-order valence-corrected chi connectivity index (χ0v) is 22.4. The molecule has 37 heavy (non-hydrogen) atoms. The maximum absolute atomic E-state index is 12.2. The van der Waals surface area contributed by atoms with Gasteiger partial charge in [0.05, 0.1) is 19.8 Å². The predicted octanol–water partition coefficient (Wildman–Crippen LogP) is 3.79. The van der Waals surface area contributed by atoms with Gasteiger partial charge in [-0.05, 0) is 80.1 Å². The third-order valence-electron chi connectivity index (χ3n) is 5.05. The molecule has 4 rings (SSSR count). The van der Waals surface area contributed by atoms with Crippen molar-refractivity contribution in [3.05, 3.63) is 82.3 Å². The summed E-state index contributed by atoms with van der Waals surface area (Å²) in [5, 5.41) is 2.37. The van der Waals surface area contributed by atoms with Gasteiger partial charge in [-0.15, -0.1) is 0 Å². The molecule has 0 fully saturated rings. The fraction of sp³-hybridized carbons (Fsp3) is 0.167. The molecule has 0 radical (unpaired) electrons. The Labute approximate surface area is 225 Å². The Morgan fingerprint density at radius 3 is 1.81 bits per heavy atom. The Morgan fingerprint density at radius 2 is 1.35 bits per heavy atom. The lowest BCUT2D eigenvalue weighted by atomic mass is 10.2. The smallest absolute Gasteiger partial charge is 0.226 e. The Kier molecular flexibility index (Phi) is 8.54. The quantitative estimate of drug-likeness (QED) is 0.339. The predicted molar refractivity (Wildman–Crippen MR) is 148 cm³/mol. The molecule has 0 saturated carbocycles. The number of rotatable bonds is 5. The van der Waals surface area contributed by atoms with Crippen LogP contribution in [0.2, 0.25) is 10.0 Å². The van der Waals surface area contributed by atoms with Crippen molar-refractivity contribution in [2.45, 2.75) is 35.9 Å². The normalized spacial score (nSPS) is 14.8. The third kappa shape index (κ3) is 7.04. The van der Waals surface area contributed by atoms with Gasteiger partial charge in [-0.1, -0.05) is 29.3 Å². The number of nitrogens with two attached hydrogens (primary N) is 4. The summed E-state index contributed by atoms with van der Waals surface area (Å²) in [4.78, 5) is 14.1. The highest BCUT2D eigenvalue weighted by molar-refractivity contribution is 7.91. The molecular formula is C24H27Cl2N7O3S. The molecule has 3 aromatic carbocycles. The Hall–Kier alpha value is -3.51. The van der Waals surface area contributed by atoms with Crippen LogP contribution in [0.3, 0.4) is 0 Å². The molecule has 0 spiro atoms. The number of hydroxylamine groups is 2. The van der Waals surface area contributed by atoms with Crippen LogP contribution >= 0.6 is 23.2 Å². The highest BCUT2D eigenvalue weighted by Gasteiger charge is 2.33. The second-order valence-corrected chi connectivity index (χ2v) is 11.2. The number of hydrogen-bond donors (Lipinski definition) is 4. The summed E-state index contributed by atoms with van der Waals surface area (Å²) in [7, 11) is -3.48. The molecule has 0 aliphatic carbocycles. The van der Waals surface area contributed by atoms with Gasteiger partial charge in [0.15, 0.2) is 5.66 Å². The number of sulfone groups is 1. The number of halogens is 2. The lowest BCUT2D eigenvalue weighted by Crippen LogP contribution is -2.53. The van der Waals surface area contributed by atoms with E-state index in [-0.39, 0.29) is 28.3 Å². The van der Waals surface area contributed by atoms with E-state index in [9.17, 15) is 8.42 Å². The monoisotopic (exact) mass is 563 g/mol. The molecule has 10 nitrogen and oxygen atoms in total.